The van der Waals surface area contributed by atoms with E-state index < -0.39 is 0 Å². The lowest BCUT2D eigenvalue weighted by Gasteiger charge is -2.07. The maximum absolute atomic E-state index is 11.8. The average molecular weight is 392 g/mol. The Bertz CT molecular complexity index is 619. The van der Waals surface area contributed by atoms with Crippen LogP contribution < -0.4 is 5.56 Å². The van der Waals surface area contributed by atoms with Gasteiger partial charge in [0.05, 0.1) is 5.69 Å². The molecule has 0 fully saturated rings. The minimum Gasteiger partial charge on any atom is -0.504 e. The third-order valence-electron chi connectivity index (χ3n) is 5.42. The third kappa shape index (κ3) is 10.0. The summed E-state index contributed by atoms with van der Waals surface area (Å²) in [5.41, 5.74) is 0.0345. The van der Waals surface area contributed by atoms with Crippen LogP contribution in [0.2, 0.25) is 0 Å². The molecule has 2 N–H and O–H groups in total. The molecule has 4 heteroatoms. The number of aromatic nitrogens is 1. The summed E-state index contributed by atoms with van der Waals surface area (Å²) in [6, 6.07) is 1.04. The Hall–Kier alpha value is -1.71. The maximum atomic E-state index is 11.8. The van der Waals surface area contributed by atoms with E-state index >= 15 is 0 Å². The van der Waals surface area contributed by atoms with Crippen LogP contribution in [0.15, 0.2) is 16.9 Å². The third-order valence-corrected chi connectivity index (χ3v) is 5.42. The van der Waals surface area contributed by atoms with Crippen LogP contribution in [0.1, 0.15) is 109 Å². The molecule has 1 rings (SSSR count). The second kappa shape index (κ2) is 15.2. The predicted octanol–water partition coefficient (Wildman–Crippen LogP) is 6.91. The summed E-state index contributed by atoms with van der Waals surface area (Å²) in [5.74, 6) is -0.597. The first-order valence-electron chi connectivity index (χ1n) is 11.4. The van der Waals surface area contributed by atoms with Crippen molar-refractivity contribution in [2.45, 2.75) is 110 Å². The predicted molar refractivity (Wildman–Crippen MR) is 119 cm³/mol. The molecule has 160 valence electrons. The monoisotopic (exact) mass is 391 g/mol. The standard InChI is InChI=1S/C24H41NO3/c1-3-4-5-6-7-8-9-10-11-12-13-14-15-16-17-18-19-25-21(2)24(28)22(26)20-23(25)27/h18-20,26,28H,3-17H2,1-2H3. The molecule has 4 nitrogen and oxygen atoms in total. The number of hydrogen-bond acceptors (Lipinski definition) is 3. The fraction of sp³-hybridized carbons (Fsp3) is 0.708. The van der Waals surface area contributed by atoms with Gasteiger partial charge in [-0.05, 0) is 19.8 Å². The molecule has 28 heavy (non-hydrogen) atoms. The first-order chi connectivity index (χ1) is 13.6. The smallest absolute Gasteiger partial charge is 0.258 e. The molecule has 0 bridgehead atoms. The van der Waals surface area contributed by atoms with Gasteiger partial charge in [-0.3, -0.25) is 9.36 Å². The Morgan fingerprint density at radius 2 is 1.29 bits per heavy atom. The van der Waals surface area contributed by atoms with E-state index in [1.54, 1.807) is 13.1 Å². The number of hydrogen-bond donors (Lipinski definition) is 2. The van der Waals surface area contributed by atoms with Crippen molar-refractivity contribution in [2.24, 2.45) is 0 Å². The van der Waals surface area contributed by atoms with E-state index in [4.69, 9.17) is 0 Å². The van der Waals surface area contributed by atoms with Gasteiger partial charge in [0.1, 0.15) is 0 Å². The molecule has 0 aliphatic rings. The molecule has 0 atom stereocenters. The van der Waals surface area contributed by atoms with Crippen LogP contribution in [-0.2, 0) is 0 Å². The summed E-state index contributed by atoms with van der Waals surface area (Å²) in [4.78, 5) is 11.8. The van der Waals surface area contributed by atoms with Crippen molar-refractivity contribution in [3.63, 3.8) is 0 Å². The molecule has 0 radical (unpaired) electrons. The van der Waals surface area contributed by atoms with Crippen molar-refractivity contribution in [3.8, 4) is 11.5 Å². The van der Waals surface area contributed by atoms with Crippen LogP contribution in [0, 0.1) is 6.92 Å². The highest BCUT2D eigenvalue weighted by Crippen LogP contribution is 2.25. The zero-order valence-electron chi connectivity index (χ0n) is 18.1. The maximum Gasteiger partial charge on any atom is 0.258 e. The number of unbranched alkanes of at least 4 members (excludes halogenated alkanes) is 14. The molecule has 0 amide bonds. The Kier molecular flexibility index (Phi) is 13.2. The first-order valence-corrected chi connectivity index (χ1v) is 11.4. The van der Waals surface area contributed by atoms with Gasteiger partial charge < -0.3 is 10.2 Å². The van der Waals surface area contributed by atoms with Gasteiger partial charge in [-0.15, -0.1) is 0 Å². The van der Waals surface area contributed by atoms with Crippen LogP contribution >= 0.6 is 0 Å². The Morgan fingerprint density at radius 1 is 0.821 bits per heavy atom. The van der Waals surface area contributed by atoms with Crippen LogP contribution in [0.4, 0.5) is 0 Å². The highest BCUT2D eigenvalue weighted by molar-refractivity contribution is 5.44. The number of pyridine rings is 1. The number of allylic oxidation sites excluding steroid dienone is 1. The van der Waals surface area contributed by atoms with Crippen molar-refractivity contribution in [2.75, 3.05) is 0 Å². The summed E-state index contributed by atoms with van der Waals surface area (Å²) in [6.45, 7) is 3.89. The van der Waals surface area contributed by atoms with Crippen molar-refractivity contribution in [3.05, 3.63) is 28.2 Å². The quantitative estimate of drug-likeness (QED) is 0.301. The van der Waals surface area contributed by atoms with Crippen molar-refractivity contribution < 1.29 is 10.2 Å². The van der Waals surface area contributed by atoms with E-state index in [0.29, 0.717) is 5.69 Å². The SMILES string of the molecule is CCCCCCCCCCCCCCCCC=Cn1c(C)c(O)c(O)cc1=O. The van der Waals surface area contributed by atoms with Gasteiger partial charge in [-0.1, -0.05) is 96.5 Å². The van der Waals surface area contributed by atoms with E-state index in [1.165, 1.54) is 88.0 Å². The number of rotatable bonds is 16. The highest BCUT2D eigenvalue weighted by atomic mass is 16.3. The summed E-state index contributed by atoms with van der Waals surface area (Å²) in [7, 11) is 0. The van der Waals surface area contributed by atoms with Gasteiger partial charge >= 0.3 is 0 Å². The zero-order chi connectivity index (χ0) is 20.6. The van der Waals surface area contributed by atoms with E-state index in [9.17, 15) is 15.0 Å². The molecule has 0 saturated heterocycles. The van der Waals surface area contributed by atoms with Gasteiger partial charge in [0.15, 0.2) is 11.5 Å². The first kappa shape index (κ1) is 24.3. The van der Waals surface area contributed by atoms with Crippen LogP contribution in [0.3, 0.4) is 0 Å². The van der Waals surface area contributed by atoms with Gasteiger partial charge in [-0.2, -0.15) is 0 Å². The second-order valence-corrected chi connectivity index (χ2v) is 7.94. The largest absolute Gasteiger partial charge is 0.504 e. The lowest BCUT2D eigenvalue weighted by Crippen LogP contribution is -2.16. The molecule has 0 aromatic carbocycles. The fourth-order valence-corrected chi connectivity index (χ4v) is 3.54. The number of nitrogens with zero attached hydrogens (tertiary/aromatic N) is 1. The van der Waals surface area contributed by atoms with Gasteiger partial charge in [0, 0.05) is 12.3 Å². The highest BCUT2D eigenvalue weighted by Gasteiger charge is 2.08. The fourth-order valence-electron chi connectivity index (χ4n) is 3.54. The lowest BCUT2D eigenvalue weighted by molar-refractivity contribution is 0.395. The van der Waals surface area contributed by atoms with Gasteiger partial charge in [-0.25, -0.2) is 0 Å². The van der Waals surface area contributed by atoms with Crippen molar-refractivity contribution >= 4 is 6.20 Å². The summed E-state index contributed by atoms with van der Waals surface area (Å²) in [5, 5.41) is 19.1. The molecule has 0 aliphatic carbocycles. The van der Waals surface area contributed by atoms with E-state index in [0.717, 1.165) is 18.9 Å². The number of aromatic hydroxyl groups is 2. The van der Waals surface area contributed by atoms with Gasteiger partial charge in [0.25, 0.3) is 5.56 Å². The van der Waals surface area contributed by atoms with E-state index in [-0.39, 0.29) is 17.1 Å². The molecule has 0 aliphatic heterocycles. The Balaban J connectivity index is 1.99. The molecule has 0 spiro atoms. The Labute approximate surface area is 171 Å². The molecule has 0 saturated carbocycles. The summed E-state index contributed by atoms with van der Waals surface area (Å²) < 4.78 is 1.37. The normalized spacial score (nSPS) is 11.5. The van der Waals surface area contributed by atoms with Crippen LogP contribution in [-0.4, -0.2) is 14.8 Å². The molecular formula is C24H41NO3. The second-order valence-electron chi connectivity index (χ2n) is 7.94. The van der Waals surface area contributed by atoms with Crippen molar-refractivity contribution in [1.82, 2.24) is 4.57 Å². The molecule has 1 aromatic rings. The van der Waals surface area contributed by atoms with Gasteiger partial charge in [0.2, 0.25) is 0 Å². The van der Waals surface area contributed by atoms with Crippen LogP contribution in [0.5, 0.6) is 11.5 Å². The minimum absolute atomic E-state index is 0.235. The minimum atomic E-state index is -0.362. The molecule has 0 unspecified atom stereocenters. The van der Waals surface area contributed by atoms with Crippen LogP contribution in [0.25, 0.3) is 6.20 Å². The molecule has 1 heterocycles. The van der Waals surface area contributed by atoms with Crippen molar-refractivity contribution in [1.29, 1.82) is 0 Å². The topological polar surface area (TPSA) is 62.5 Å². The Morgan fingerprint density at radius 3 is 1.79 bits per heavy atom. The summed E-state index contributed by atoms with van der Waals surface area (Å²) >= 11 is 0. The van der Waals surface area contributed by atoms with E-state index in [1.807, 2.05) is 6.08 Å². The molecule has 1 aromatic heterocycles. The van der Waals surface area contributed by atoms with E-state index in [2.05, 4.69) is 6.92 Å². The summed E-state index contributed by atoms with van der Waals surface area (Å²) in [6.07, 6.45) is 23.5. The zero-order valence-corrected chi connectivity index (χ0v) is 18.1. The molecular weight excluding hydrogens is 350 g/mol. The average Bonchev–Trinajstić information content (AvgIpc) is 2.68. The lowest BCUT2D eigenvalue weighted by atomic mass is 10.0.